The Labute approximate surface area is 109 Å². The van der Waals surface area contributed by atoms with Crippen LogP contribution in [0, 0.1) is 0 Å². The summed E-state index contributed by atoms with van der Waals surface area (Å²) >= 11 is 0. The standard InChI is InChI=1S/C17H19N/c1-3-18-12(2)13-8-9-17-15(10-13)11-14-6-4-5-7-16(14)17/h4-10,12,18H,3,11H2,1-2H3. The lowest BCUT2D eigenvalue weighted by Gasteiger charge is -2.14. The fourth-order valence-corrected chi connectivity index (χ4v) is 2.86. The molecule has 1 N–H and O–H groups in total. The minimum Gasteiger partial charge on any atom is -0.310 e. The second kappa shape index (κ2) is 4.58. The van der Waals surface area contributed by atoms with E-state index in [4.69, 9.17) is 0 Å². The van der Waals surface area contributed by atoms with Crippen LogP contribution < -0.4 is 5.32 Å². The minimum absolute atomic E-state index is 0.434. The molecule has 0 aliphatic heterocycles. The van der Waals surface area contributed by atoms with Crippen LogP contribution in [0.25, 0.3) is 11.1 Å². The lowest BCUT2D eigenvalue weighted by atomic mass is 10.0. The monoisotopic (exact) mass is 237 g/mol. The van der Waals surface area contributed by atoms with Crippen molar-refractivity contribution in [3.05, 3.63) is 59.2 Å². The van der Waals surface area contributed by atoms with Gasteiger partial charge in [-0.1, -0.05) is 49.4 Å². The lowest BCUT2D eigenvalue weighted by molar-refractivity contribution is 0.598. The zero-order valence-corrected chi connectivity index (χ0v) is 11.0. The molecule has 0 spiro atoms. The van der Waals surface area contributed by atoms with Gasteiger partial charge in [-0.05, 0) is 47.7 Å². The van der Waals surface area contributed by atoms with Gasteiger partial charge in [0.2, 0.25) is 0 Å². The molecule has 0 saturated heterocycles. The van der Waals surface area contributed by atoms with E-state index in [0.29, 0.717) is 6.04 Å². The first-order valence-corrected chi connectivity index (χ1v) is 6.74. The molecule has 0 aromatic heterocycles. The van der Waals surface area contributed by atoms with E-state index in [9.17, 15) is 0 Å². The normalized spacial score (nSPS) is 14.1. The predicted octanol–water partition coefficient (Wildman–Crippen LogP) is 3.93. The van der Waals surface area contributed by atoms with Crippen LogP contribution in [-0.2, 0) is 6.42 Å². The van der Waals surface area contributed by atoms with Gasteiger partial charge in [-0.3, -0.25) is 0 Å². The quantitative estimate of drug-likeness (QED) is 0.728. The molecule has 18 heavy (non-hydrogen) atoms. The molecule has 92 valence electrons. The number of hydrogen-bond acceptors (Lipinski definition) is 1. The Balaban J connectivity index is 1.98. The highest BCUT2D eigenvalue weighted by atomic mass is 14.9. The molecular formula is C17H19N. The van der Waals surface area contributed by atoms with Crippen molar-refractivity contribution in [3.8, 4) is 11.1 Å². The topological polar surface area (TPSA) is 12.0 Å². The van der Waals surface area contributed by atoms with Crippen molar-refractivity contribution in [2.45, 2.75) is 26.3 Å². The van der Waals surface area contributed by atoms with Gasteiger partial charge >= 0.3 is 0 Å². The van der Waals surface area contributed by atoms with E-state index in [0.717, 1.165) is 13.0 Å². The van der Waals surface area contributed by atoms with E-state index in [1.807, 2.05) is 0 Å². The molecule has 1 aliphatic carbocycles. The molecule has 3 rings (SSSR count). The number of rotatable bonds is 3. The van der Waals surface area contributed by atoms with E-state index in [-0.39, 0.29) is 0 Å². The molecule has 2 aromatic carbocycles. The van der Waals surface area contributed by atoms with Gasteiger partial charge in [-0.15, -0.1) is 0 Å². The fraction of sp³-hybridized carbons (Fsp3) is 0.294. The molecule has 0 bridgehead atoms. The summed E-state index contributed by atoms with van der Waals surface area (Å²) in [6.45, 7) is 5.39. The largest absolute Gasteiger partial charge is 0.310 e. The first-order valence-electron chi connectivity index (χ1n) is 6.74. The molecule has 0 radical (unpaired) electrons. The van der Waals surface area contributed by atoms with Gasteiger partial charge in [0.05, 0.1) is 0 Å². The molecule has 1 nitrogen and oxygen atoms in total. The zero-order valence-electron chi connectivity index (χ0n) is 11.0. The first kappa shape index (κ1) is 11.5. The van der Waals surface area contributed by atoms with Crippen LogP contribution in [0.15, 0.2) is 42.5 Å². The summed E-state index contributed by atoms with van der Waals surface area (Å²) in [5, 5.41) is 3.47. The lowest BCUT2D eigenvalue weighted by Crippen LogP contribution is -2.17. The predicted molar refractivity (Wildman–Crippen MR) is 76.8 cm³/mol. The van der Waals surface area contributed by atoms with Crippen LogP contribution in [-0.4, -0.2) is 6.54 Å². The van der Waals surface area contributed by atoms with Crippen molar-refractivity contribution < 1.29 is 0 Å². The SMILES string of the molecule is CCNC(C)c1ccc2c(c1)Cc1ccccc1-2. The highest BCUT2D eigenvalue weighted by molar-refractivity contribution is 5.76. The third-order valence-corrected chi connectivity index (χ3v) is 3.83. The van der Waals surface area contributed by atoms with Crippen molar-refractivity contribution in [1.29, 1.82) is 0 Å². The fourth-order valence-electron chi connectivity index (χ4n) is 2.86. The van der Waals surface area contributed by atoms with Gasteiger partial charge in [0.1, 0.15) is 0 Å². The average Bonchev–Trinajstić information content (AvgIpc) is 2.76. The molecule has 1 heteroatoms. The maximum absolute atomic E-state index is 3.47. The molecule has 0 saturated carbocycles. The van der Waals surface area contributed by atoms with Crippen LogP contribution >= 0.6 is 0 Å². The van der Waals surface area contributed by atoms with Crippen molar-refractivity contribution in [2.24, 2.45) is 0 Å². The Morgan fingerprint density at radius 3 is 2.67 bits per heavy atom. The highest BCUT2D eigenvalue weighted by Crippen LogP contribution is 2.37. The minimum atomic E-state index is 0.434. The maximum Gasteiger partial charge on any atom is 0.0291 e. The van der Waals surface area contributed by atoms with Gasteiger partial charge in [-0.2, -0.15) is 0 Å². The summed E-state index contributed by atoms with van der Waals surface area (Å²) in [4.78, 5) is 0. The molecule has 0 fully saturated rings. The molecule has 1 unspecified atom stereocenters. The van der Waals surface area contributed by atoms with Gasteiger partial charge in [0, 0.05) is 6.04 Å². The van der Waals surface area contributed by atoms with Gasteiger partial charge in [-0.25, -0.2) is 0 Å². The molecule has 2 aromatic rings. The molecule has 1 atom stereocenters. The third-order valence-electron chi connectivity index (χ3n) is 3.83. The number of benzene rings is 2. The second-order valence-corrected chi connectivity index (χ2v) is 5.03. The van der Waals surface area contributed by atoms with E-state index in [2.05, 4.69) is 61.6 Å². The Bertz CT molecular complexity index is 572. The smallest absolute Gasteiger partial charge is 0.0291 e. The van der Waals surface area contributed by atoms with Crippen LogP contribution in [0.2, 0.25) is 0 Å². The Kier molecular flexibility index (Phi) is 2.92. The van der Waals surface area contributed by atoms with Crippen molar-refractivity contribution in [2.75, 3.05) is 6.54 Å². The van der Waals surface area contributed by atoms with Gasteiger partial charge in [0.15, 0.2) is 0 Å². The number of hydrogen-bond donors (Lipinski definition) is 1. The molecule has 0 amide bonds. The zero-order chi connectivity index (χ0) is 12.5. The summed E-state index contributed by atoms with van der Waals surface area (Å²) in [5.74, 6) is 0. The second-order valence-electron chi connectivity index (χ2n) is 5.03. The van der Waals surface area contributed by atoms with Crippen molar-refractivity contribution in [1.82, 2.24) is 5.32 Å². The van der Waals surface area contributed by atoms with E-state index in [1.165, 1.54) is 27.8 Å². The number of fused-ring (bicyclic) bond motifs is 3. The molecule has 0 heterocycles. The Morgan fingerprint density at radius 1 is 1.06 bits per heavy atom. The molecular weight excluding hydrogens is 218 g/mol. The Morgan fingerprint density at radius 2 is 1.83 bits per heavy atom. The average molecular weight is 237 g/mol. The maximum atomic E-state index is 3.47. The van der Waals surface area contributed by atoms with Crippen molar-refractivity contribution in [3.63, 3.8) is 0 Å². The highest BCUT2D eigenvalue weighted by Gasteiger charge is 2.18. The first-order chi connectivity index (χ1) is 8.79. The van der Waals surface area contributed by atoms with E-state index in [1.54, 1.807) is 0 Å². The Hall–Kier alpha value is -1.60. The summed E-state index contributed by atoms with van der Waals surface area (Å²) in [5.41, 5.74) is 7.15. The third kappa shape index (κ3) is 1.85. The van der Waals surface area contributed by atoms with Crippen molar-refractivity contribution >= 4 is 0 Å². The molecule has 1 aliphatic rings. The van der Waals surface area contributed by atoms with Crippen LogP contribution in [0.5, 0.6) is 0 Å². The number of nitrogens with one attached hydrogen (secondary N) is 1. The van der Waals surface area contributed by atoms with Crippen LogP contribution in [0.3, 0.4) is 0 Å². The summed E-state index contributed by atoms with van der Waals surface area (Å²) in [6, 6.07) is 16.1. The van der Waals surface area contributed by atoms with E-state index >= 15 is 0 Å². The van der Waals surface area contributed by atoms with E-state index < -0.39 is 0 Å². The van der Waals surface area contributed by atoms with Crippen LogP contribution in [0.4, 0.5) is 0 Å². The summed E-state index contributed by atoms with van der Waals surface area (Å²) in [6.07, 6.45) is 1.08. The van der Waals surface area contributed by atoms with Crippen LogP contribution in [0.1, 0.15) is 36.6 Å². The van der Waals surface area contributed by atoms with Gasteiger partial charge < -0.3 is 5.32 Å². The summed E-state index contributed by atoms with van der Waals surface area (Å²) in [7, 11) is 0. The summed E-state index contributed by atoms with van der Waals surface area (Å²) < 4.78 is 0. The van der Waals surface area contributed by atoms with Gasteiger partial charge in [0.25, 0.3) is 0 Å².